The van der Waals surface area contributed by atoms with Gasteiger partial charge in [-0.2, -0.15) is 0 Å². The minimum atomic E-state index is -1.20. The van der Waals surface area contributed by atoms with Crippen LogP contribution < -0.4 is 5.32 Å². The number of carboxylic acids is 1. The van der Waals surface area contributed by atoms with Crippen LogP contribution in [0, 0.1) is 5.92 Å². The molecule has 0 aromatic rings. The zero-order valence-corrected chi connectivity index (χ0v) is 12.2. The van der Waals surface area contributed by atoms with Gasteiger partial charge in [0.05, 0.1) is 12.1 Å². The van der Waals surface area contributed by atoms with Gasteiger partial charge in [0, 0.05) is 7.05 Å². The molecule has 114 valence electrons. The van der Waals surface area contributed by atoms with Crippen molar-refractivity contribution in [3.63, 3.8) is 0 Å². The predicted octanol–water partition coefficient (Wildman–Crippen LogP) is 1.19. The first kappa shape index (κ1) is 15.1. The summed E-state index contributed by atoms with van der Waals surface area (Å²) in [6.45, 7) is 1.81. The largest absolute Gasteiger partial charge is 0.480 e. The second-order valence-corrected chi connectivity index (χ2v) is 6.50. The van der Waals surface area contributed by atoms with Gasteiger partial charge >= 0.3 is 12.0 Å². The summed E-state index contributed by atoms with van der Waals surface area (Å²) in [5, 5.41) is 22.2. The Hall–Kier alpha value is -1.30. The molecular formula is C14H24N2O4. The van der Waals surface area contributed by atoms with Crippen LogP contribution >= 0.6 is 0 Å². The lowest BCUT2D eigenvalue weighted by atomic mass is 9.96. The fourth-order valence-electron chi connectivity index (χ4n) is 3.01. The van der Waals surface area contributed by atoms with E-state index in [-0.39, 0.29) is 12.5 Å². The number of hydrogen-bond donors (Lipinski definition) is 3. The van der Waals surface area contributed by atoms with E-state index in [9.17, 15) is 19.8 Å². The number of carboxylic acid groups (broad SMARTS) is 1. The Morgan fingerprint density at radius 2 is 1.90 bits per heavy atom. The van der Waals surface area contributed by atoms with Crippen LogP contribution in [0.25, 0.3) is 0 Å². The van der Waals surface area contributed by atoms with Gasteiger partial charge in [-0.3, -0.25) is 0 Å². The summed E-state index contributed by atoms with van der Waals surface area (Å²) in [5.41, 5.74) is -2.02. The van der Waals surface area contributed by atoms with Crippen molar-refractivity contribution in [2.45, 2.75) is 56.6 Å². The summed E-state index contributed by atoms with van der Waals surface area (Å²) in [7, 11) is 1.60. The number of nitrogens with one attached hydrogen (secondary N) is 1. The van der Waals surface area contributed by atoms with E-state index in [2.05, 4.69) is 5.32 Å². The molecule has 0 heterocycles. The molecule has 0 aromatic carbocycles. The number of aliphatic carboxylic acids is 1. The first-order chi connectivity index (χ1) is 9.27. The number of carbonyl (C=O) groups excluding carboxylic acids is 1. The highest BCUT2D eigenvalue weighted by molar-refractivity contribution is 5.86. The maximum absolute atomic E-state index is 12.2. The van der Waals surface area contributed by atoms with Gasteiger partial charge in [0.15, 0.2) is 0 Å². The molecule has 2 rings (SSSR count). The first-order valence-corrected chi connectivity index (χ1v) is 7.26. The summed E-state index contributed by atoms with van der Waals surface area (Å²) in [4.78, 5) is 24.9. The van der Waals surface area contributed by atoms with Crippen molar-refractivity contribution in [1.82, 2.24) is 10.2 Å². The van der Waals surface area contributed by atoms with Crippen molar-refractivity contribution in [2.75, 3.05) is 13.6 Å². The fraction of sp³-hybridized carbons (Fsp3) is 0.857. The molecule has 2 saturated carbocycles. The minimum Gasteiger partial charge on any atom is -0.480 e. The van der Waals surface area contributed by atoms with Gasteiger partial charge in [0.2, 0.25) is 0 Å². The second kappa shape index (κ2) is 5.24. The summed E-state index contributed by atoms with van der Waals surface area (Å²) < 4.78 is 0. The maximum atomic E-state index is 12.2. The van der Waals surface area contributed by atoms with Crippen molar-refractivity contribution in [3.8, 4) is 0 Å². The van der Waals surface area contributed by atoms with E-state index in [0.717, 1.165) is 25.7 Å². The molecule has 0 bridgehead atoms. The highest BCUT2D eigenvalue weighted by Crippen LogP contribution is 2.40. The highest BCUT2D eigenvalue weighted by atomic mass is 16.4. The molecular weight excluding hydrogens is 260 g/mol. The van der Waals surface area contributed by atoms with Gasteiger partial charge in [-0.25, -0.2) is 9.59 Å². The Balaban J connectivity index is 1.94. The molecule has 2 fully saturated rings. The molecule has 0 aliphatic heterocycles. The van der Waals surface area contributed by atoms with Crippen molar-refractivity contribution < 1.29 is 19.8 Å². The minimum absolute atomic E-state index is 0.00640. The van der Waals surface area contributed by atoms with E-state index in [1.165, 1.54) is 4.90 Å². The van der Waals surface area contributed by atoms with E-state index in [1.54, 1.807) is 14.0 Å². The number of aliphatic hydroxyl groups is 1. The Morgan fingerprint density at radius 1 is 1.35 bits per heavy atom. The third-order valence-electron chi connectivity index (χ3n) is 4.62. The summed E-state index contributed by atoms with van der Waals surface area (Å²) >= 11 is 0. The summed E-state index contributed by atoms with van der Waals surface area (Å²) in [6.07, 6.45) is 5.00. The van der Waals surface area contributed by atoms with Crippen LogP contribution in [0.5, 0.6) is 0 Å². The molecule has 20 heavy (non-hydrogen) atoms. The molecule has 0 aromatic heterocycles. The number of hydrogen-bond acceptors (Lipinski definition) is 3. The zero-order chi connectivity index (χ0) is 15.0. The van der Waals surface area contributed by atoms with Gasteiger partial charge in [-0.15, -0.1) is 0 Å². The van der Waals surface area contributed by atoms with E-state index >= 15 is 0 Å². The van der Waals surface area contributed by atoms with Crippen LogP contribution in [0.4, 0.5) is 4.79 Å². The summed E-state index contributed by atoms with van der Waals surface area (Å²) in [6, 6.07) is -0.429. The number of amides is 2. The Labute approximate surface area is 119 Å². The Kier molecular flexibility index (Phi) is 3.95. The van der Waals surface area contributed by atoms with Crippen molar-refractivity contribution >= 4 is 12.0 Å². The van der Waals surface area contributed by atoms with Gasteiger partial charge in [-0.05, 0) is 38.5 Å². The second-order valence-electron chi connectivity index (χ2n) is 6.50. The summed E-state index contributed by atoms with van der Waals surface area (Å²) in [5.74, 6) is -0.992. The molecule has 0 radical (unpaired) electrons. The molecule has 0 saturated heterocycles. The van der Waals surface area contributed by atoms with Crippen LogP contribution in [-0.2, 0) is 4.79 Å². The molecule has 2 amide bonds. The van der Waals surface area contributed by atoms with E-state index in [1.807, 2.05) is 0 Å². The van der Waals surface area contributed by atoms with Gasteiger partial charge in [-0.1, -0.05) is 12.8 Å². The normalized spacial score (nSPS) is 23.9. The fourth-order valence-corrected chi connectivity index (χ4v) is 3.01. The van der Waals surface area contributed by atoms with Crippen molar-refractivity contribution in [2.24, 2.45) is 5.92 Å². The van der Waals surface area contributed by atoms with Crippen LogP contribution in [0.3, 0.4) is 0 Å². The zero-order valence-electron chi connectivity index (χ0n) is 12.2. The number of likely N-dealkylation sites (N-methyl/N-ethyl adjacent to an activating group) is 1. The van der Waals surface area contributed by atoms with Gasteiger partial charge < -0.3 is 20.4 Å². The topological polar surface area (TPSA) is 89.9 Å². The average Bonchev–Trinajstić information content (AvgIpc) is 3.13. The molecule has 2 aliphatic carbocycles. The molecule has 1 atom stereocenters. The predicted molar refractivity (Wildman–Crippen MR) is 73.3 cm³/mol. The van der Waals surface area contributed by atoms with E-state index in [4.69, 9.17) is 0 Å². The van der Waals surface area contributed by atoms with Crippen LogP contribution in [-0.4, -0.2) is 51.8 Å². The van der Waals surface area contributed by atoms with Gasteiger partial charge in [0.1, 0.15) is 5.54 Å². The number of urea groups is 1. The smallest absolute Gasteiger partial charge is 0.329 e. The average molecular weight is 284 g/mol. The number of nitrogens with zero attached hydrogens (tertiary/aromatic N) is 1. The van der Waals surface area contributed by atoms with Crippen LogP contribution in [0.2, 0.25) is 0 Å². The number of carbonyl (C=O) groups is 2. The third kappa shape index (κ3) is 3.06. The SMILES string of the molecule is CN(CC1(O)CCCC1)C(=O)NC(C)(C(=O)O)C1CC1. The monoisotopic (exact) mass is 284 g/mol. The lowest BCUT2D eigenvalue weighted by molar-refractivity contribution is -0.144. The van der Waals surface area contributed by atoms with Gasteiger partial charge in [0.25, 0.3) is 0 Å². The first-order valence-electron chi connectivity index (χ1n) is 7.26. The lowest BCUT2D eigenvalue weighted by Crippen LogP contribution is -2.58. The van der Waals surface area contributed by atoms with Crippen molar-refractivity contribution in [1.29, 1.82) is 0 Å². The molecule has 6 heteroatoms. The Bertz CT molecular complexity index is 402. The van der Waals surface area contributed by atoms with Crippen molar-refractivity contribution in [3.05, 3.63) is 0 Å². The highest BCUT2D eigenvalue weighted by Gasteiger charge is 2.49. The maximum Gasteiger partial charge on any atom is 0.329 e. The standard InChI is InChI=1S/C14H24N2O4/c1-13(11(17)18,10-5-6-10)15-12(19)16(2)9-14(20)7-3-4-8-14/h10,20H,3-9H2,1-2H3,(H,15,19)(H,17,18). The van der Waals surface area contributed by atoms with E-state index in [0.29, 0.717) is 12.8 Å². The van der Waals surface area contributed by atoms with Crippen LogP contribution in [0.15, 0.2) is 0 Å². The van der Waals surface area contributed by atoms with Crippen LogP contribution in [0.1, 0.15) is 45.4 Å². The Morgan fingerprint density at radius 3 is 2.35 bits per heavy atom. The molecule has 1 unspecified atom stereocenters. The molecule has 2 aliphatic rings. The van der Waals surface area contributed by atoms with E-state index < -0.39 is 23.1 Å². The number of rotatable bonds is 5. The third-order valence-corrected chi connectivity index (χ3v) is 4.62. The molecule has 0 spiro atoms. The molecule has 6 nitrogen and oxygen atoms in total. The quantitative estimate of drug-likeness (QED) is 0.707. The molecule has 3 N–H and O–H groups in total. The lowest BCUT2D eigenvalue weighted by Gasteiger charge is -2.32.